The molecule has 0 aliphatic carbocycles. The Bertz CT molecular complexity index is 77.3. The van der Waals surface area contributed by atoms with Gasteiger partial charge in [0, 0.05) is 0 Å². The van der Waals surface area contributed by atoms with E-state index in [0.29, 0.717) is 0 Å². The molecule has 0 saturated carbocycles. The van der Waals surface area contributed by atoms with Crippen molar-refractivity contribution < 1.29 is 16.0 Å². The van der Waals surface area contributed by atoms with Crippen molar-refractivity contribution in [3.8, 4) is 0 Å². The van der Waals surface area contributed by atoms with E-state index in [1.54, 1.807) is 15.0 Å². The Morgan fingerprint density at radius 1 is 0.643 bits per heavy atom. The first-order chi connectivity index (χ1) is 6.35. The molecule has 0 aliphatic rings. The number of halogens is 1. The number of hydrogen-bond donors (Lipinski definition) is 0. The molecule has 0 heterocycles. The zero-order valence-corrected chi connectivity index (χ0v) is 12.6. The maximum atomic E-state index is 2.32. The Labute approximate surface area is 103 Å². The normalized spacial score (nSPS) is 10.9. The molecule has 92 valence electrons. The summed E-state index contributed by atoms with van der Waals surface area (Å²) in [7, 11) is 0. The summed E-state index contributed by atoms with van der Waals surface area (Å²) in [5.74, 6) is 0. The quantitative estimate of drug-likeness (QED) is 0.480. The fourth-order valence-electron chi connectivity index (χ4n) is 1.10. The average molecular weight is 311 g/mol. The van der Waals surface area contributed by atoms with Crippen LogP contribution in [0.3, 0.4) is 0 Å². The van der Waals surface area contributed by atoms with Gasteiger partial charge in [0.1, 0.15) is 0 Å². The van der Waals surface area contributed by atoms with Gasteiger partial charge in [-0.25, -0.2) is 0 Å². The molecule has 0 saturated heterocycles. The van der Waals surface area contributed by atoms with Crippen molar-refractivity contribution >= 4 is 12.4 Å². The molecule has 0 rings (SSSR count). The summed E-state index contributed by atoms with van der Waals surface area (Å²) in [5, 5.41) is 4.84. The van der Waals surface area contributed by atoms with Gasteiger partial charge in [-0.15, -0.1) is 12.4 Å². The maximum Gasteiger partial charge on any atom is -0.147 e. The van der Waals surface area contributed by atoms with Crippen molar-refractivity contribution in [2.75, 3.05) is 0 Å². The van der Waals surface area contributed by atoms with Crippen molar-refractivity contribution in [2.45, 2.75) is 74.3 Å². The maximum absolute atomic E-state index is 2.32. The average Bonchev–Trinajstić information content (AvgIpc) is 2.17. The Morgan fingerprint density at radius 2 is 0.929 bits per heavy atom. The second-order valence-corrected chi connectivity index (χ2v) is 8.48. The molecular formula is C12H28ClRh. The molecule has 0 nitrogen and oxygen atoms in total. The third kappa shape index (κ3) is 11.0. The molecule has 0 amide bonds. The van der Waals surface area contributed by atoms with Gasteiger partial charge in [-0.1, -0.05) is 0 Å². The molecule has 0 aliphatic heterocycles. The standard InChI is InChI=1S/3C4H9.ClH.Rh/c3*1-3-4-2;;/h3*1,3-4H2,2H3;1H;. The fraction of sp³-hybridized carbons (Fsp3) is 1.00. The van der Waals surface area contributed by atoms with Crippen LogP contribution in [-0.4, -0.2) is 0 Å². The van der Waals surface area contributed by atoms with Crippen LogP contribution < -0.4 is 0 Å². The summed E-state index contributed by atoms with van der Waals surface area (Å²) in [4.78, 5) is 0. The molecule has 0 spiro atoms. The molecule has 0 fully saturated rings. The Morgan fingerprint density at radius 3 is 1.14 bits per heavy atom. The summed E-state index contributed by atoms with van der Waals surface area (Å²) < 4.78 is 0. The third-order valence-corrected chi connectivity index (χ3v) is 7.34. The van der Waals surface area contributed by atoms with E-state index in [2.05, 4.69) is 20.8 Å². The van der Waals surface area contributed by atoms with Crippen molar-refractivity contribution in [1.82, 2.24) is 0 Å². The molecule has 0 atom stereocenters. The monoisotopic (exact) mass is 310 g/mol. The van der Waals surface area contributed by atoms with Gasteiger partial charge in [0.25, 0.3) is 0 Å². The van der Waals surface area contributed by atoms with Crippen LogP contribution in [0, 0.1) is 0 Å². The van der Waals surface area contributed by atoms with Crippen molar-refractivity contribution in [3.05, 3.63) is 0 Å². The molecule has 0 bridgehead atoms. The van der Waals surface area contributed by atoms with Gasteiger partial charge < -0.3 is 0 Å². The van der Waals surface area contributed by atoms with Gasteiger partial charge in [0.15, 0.2) is 0 Å². The van der Waals surface area contributed by atoms with Gasteiger partial charge in [-0.3, -0.25) is 0 Å². The van der Waals surface area contributed by atoms with E-state index in [4.69, 9.17) is 0 Å². The first kappa shape index (κ1) is 17.3. The minimum Gasteiger partial charge on any atom is -0.147 e. The number of rotatable bonds is 9. The molecular weight excluding hydrogens is 282 g/mol. The van der Waals surface area contributed by atoms with Crippen LogP contribution in [0.2, 0.25) is 15.0 Å². The van der Waals surface area contributed by atoms with Crippen LogP contribution in [0.15, 0.2) is 0 Å². The van der Waals surface area contributed by atoms with E-state index in [9.17, 15) is 0 Å². The first-order valence-corrected chi connectivity index (χ1v) is 9.30. The van der Waals surface area contributed by atoms with Gasteiger partial charge in [0.2, 0.25) is 0 Å². The van der Waals surface area contributed by atoms with E-state index >= 15 is 0 Å². The summed E-state index contributed by atoms with van der Waals surface area (Å²) in [6, 6.07) is 0. The smallest absolute Gasteiger partial charge is 0.147 e. The van der Waals surface area contributed by atoms with Gasteiger partial charge in [0.05, 0.1) is 0 Å². The largest absolute Gasteiger partial charge is 0.147 e. The predicted octanol–water partition coefficient (Wildman–Crippen LogP) is 5.68. The molecule has 2 heteroatoms. The topological polar surface area (TPSA) is 0 Å². The fourth-order valence-corrected chi connectivity index (χ4v) is 6.53. The Kier molecular flexibility index (Phi) is 17.2. The summed E-state index contributed by atoms with van der Waals surface area (Å²) >= 11 is -0.202. The van der Waals surface area contributed by atoms with Crippen LogP contribution in [0.5, 0.6) is 0 Å². The zero-order chi connectivity index (χ0) is 9.94. The van der Waals surface area contributed by atoms with Crippen molar-refractivity contribution in [2.24, 2.45) is 0 Å². The number of hydrogen-bond acceptors (Lipinski definition) is 0. The SMILES string of the molecule is CCC[CH2][Rh]([CH2]CCC)[CH2]CCC.Cl. The first-order valence-electron chi connectivity index (χ1n) is 5.83. The summed E-state index contributed by atoms with van der Waals surface area (Å²) in [6.45, 7) is 6.97. The van der Waals surface area contributed by atoms with Crippen LogP contribution in [0.4, 0.5) is 0 Å². The molecule has 14 heavy (non-hydrogen) atoms. The zero-order valence-electron chi connectivity index (χ0n) is 10.1. The van der Waals surface area contributed by atoms with E-state index in [1.165, 1.54) is 38.5 Å². The summed E-state index contributed by atoms with van der Waals surface area (Å²) in [6.07, 6.45) is 8.71. The van der Waals surface area contributed by atoms with E-state index < -0.39 is 0 Å². The van der Waals surface area contributed by atoms with Crippen LogP contribution in [0.25, 0.3) is 0 Å². The molecule has 0 aromatic carbocycles. The third-order valence-electron chi connectivity index (χ3n) is 2.12. The van der Waals surface area contributed by atoms with Crippen LogP contribution in [-0.2, 0) is 16.0 Å². The van der Waals surface area contributed by atoms with E-state index in [0.717, 1.165) is 0 Å². The molecule has 0 aromatic rings. The molecule has 0 aromatic heterocycles. The molecule has 0 radical (unpaired) electrons. The number of unbranched alkanes of at least 4 members (excludes halogenated alkanes) is 3. The minimum absolute atomic E-state index is 0. The summed E-state index contributed by atoms with van der Waals surface area (Å²) in [5.41, 5.74) is 0. The van der Waals surface area contributed by atoms with Crippen LogP contribution >= 0.6 is 12.4 Å². The Balaban J connectivity index is 0. The van der Waals surface area contributed by atoms with Crippen molar-refractivity contribution in [1.29, 1.82) is 0 Å². The van der Waals surface area contributed by atoms with Gasteiger partial charge in [-0.05, 0) is 0 Å². The van der Waals surface area contributed by atoms with E-state index in [-0.39, 0.29) is 28.4 Å². The minimum atomic E-state index is -0.202. The predicted molar refractivity (Wildman–Crippen MR) is 66.4 cm³/mol. The Hall–Kier alpha value is 0.913. The molecule has 0 unspecified atom stereocenters. The second-order valence-electron chi connectivity index (χ2n) is 3.56. The van der Waals surface area contributed by atoms with Gasteiger partial charge >= 0.3 is 90.3 Å². The second kappa shape index (κ2) is 13.9. The molecule has 0 N–H and O–H groups in total. The van der Waals surface area contributed by atoms with E-state index in [1.807, 2.05) is 0 Å². The van der Waals surface area contributed by atoms with Gasteiger partial charge in [-0.2, -0.15) is 0 Å². The van der Waals surface area contributed by atoms with Crippen LogP contribution in [0.1, 0.15) is 59.3 Å². The van der Waals surface area contributed by atoms with Crippen molar-refractivity contribution in [3.63, 3.8) is 0 Å².